The first kappa shape index (κ1) is 24.4. The average molecular weight is 489 g/mol. The zero-order chi connectivity index (χ0) is 24.9. The van der Waals surface area contributed by atoms with Gasteiger partial charge in [0.25, 0.3) is 0 Å². The summed E-state index contributed by atoms with van der Waals surface area (Å²) in [6.07, 6.45) is 5.49. The molecule has 5 rings (SSSR count). The highest BCUT2D eigenvalue weighted by Gasteiger charge is 2.28. The van der Waals surface area contributed by atoms with Crippen LogP contribution < -0.4 is 4.90 Å². The third kappa shape index (κ3) is 5.41. The molecule has 3 heterocycles. The molecule has 1 amide bonds. The van der Waals surface area contributed by atoms with E-state index < -0.39 is 5.97 Å². The highest BCUT2D eigenvalue weighted by atomic mass is 16.4. The number of carboxylic acids is 1. The predicted octanol–water partition coefficient (Wildman–Crippen LogP) is 4.56. The van der Waals surface area contributed by atoms with Crippen molar-refractivity contribution in [2.24, 2.45) is 0 Å². The Balaban J connectivity index is 1.23. The highest BCUT2D eigenvalue weighted by Crippen LogP contribution is 2.29. The Morgan fingerprint density at radius 2 is 1.58 bits per heavy atom. The number of likely N-dealkylation sites (tertiary alicyclic amines) is 1. The standard InChI is InChI=1S/C29H36N4O3/c34-28(33-14-6-1-2-7-15-33)23(22-9-4-3-5-10-22)13-16-31-17-19-32(20-18-31)27-12-8-11-25-24(27)21-26(30-25)29(35)36/h3-5,8-12,21,23,30H,1-2,6-7,13-20H2,(H,35,36). The van der Waals surface area contributed by atoms with E-state index in [2.05, 4.69) is 37.9 Å². The van der Waals surface area contributed by atoms with Crippen molar-refractivity contribution in [1.82, 2.24) is 14.8 Å². The molecule has 0 radical (unpaired) electrons. The highest BCUT2D eigenvalue weighted by molar-refractivity contribution is 5.99. The van der Waals surface area contributed by atoms with E-state index in [9.17, 15) is 14.7 Å². The molecule has 1 unspecified atom stereocenters. The van der Waals surface area contributed by atoms with E-state index in [0.29, 0.717) is 0 Å². The molecule has 2 aliphatic heterocycles. The summed E-state index contributed by atoms with van der Waals surface area (Å²) in [7, 11) is 0. The number of anilines is 1. The number of H-pyrrole nitrogens is 1. The van der Waals surface area contributed by atoms with Crippen LogP contribution in [-0.4, -0.2) is 77.6 Å². The van der Waals surface area contributed by atoms with E-state index in [1.165, 1.54) is 12.8 Å². The maximum atomic E-state index is 13.6. The van der Waals surface area contributed by atoms with E-state index in [1.54, 1.807) is 6.07 Å². The van der Waals surface area contributed by atoms with Crippen LogP contribution in [0.25, 0.3) is 10.9 Å². The van der Waals surface area contributed by atoms with Crippen molar-refractivity contribution in [3.63, 3.8) is 0 Å². The van der Waals surface area contributed by atoms with E-state index in [4.69, 9.17) is 0 Å². The Bertz CT molecular complexity index is 1180. The predicted molar refractivity (Wildman–Crippen MR) is 143 cm³/mol. The van der Waals surface area contributed by atoms with Crippen LogP contribution in [0.4, 0.5) is 5.69 Å². The van der Waals surface area contributed by atoms with Crippen LogP contribution in [0.2, 0.25) is 0 Å². The molecule has 1 atom stereocenters. The monoisotopic (exact) mass is 488 g/mol. The number of carbonyl (C=O) groups excluding carboxylic acids is 1. The quantitative estimate of drug-likeness (QED) is 0.510. The molecule has 2 saturated heterocycles. The van der Waals surface area contributed by atoms with Gasteiger partial charge in [-0.05, 0) is 49.6 Å². The fourth-order valence-corrected chi connectivity index (χ4v) is 5.68. The molecule has 0 aliphatic carbocycles. The number of piperazine rings is 1. The molecule has 7 heteroatoms. The third-order valence-corrected chi connectivity index (χ3v) is 7.74. The number of aromatic nitrogens is 1. The number of aromatic carboxylic acids is 1. The van der Waals surface area contributed by atoms with Gasteiger partial charge in [0.1, 0.15) is 5.69 Å². The number of rotatable bonds is 7. The number of hydrogen-bond donors (Lipinski definition) is 2. The van der Waals surface area contributed by atoms with Gasteiger partial charge < -0.3 is 19.9 Å². The second-order valence-corrected chi connectivity index (χ2v) is 10.0. The second-order valence-electron chi connectivity index (χ2n) is 10.0. The van der Waals surface area contributed by atoms with Gasteiger partial charge in [0.2, 0.25) is 5.91 Å². The number of nitrogens with zero attached hydrogens (tertiary/aromatic N) is 3. The Morgan fingerprint density at radius 3 is 2.28 bits per heavy atom. The summed E-state index contributed by atoms with van der Waals surface area (Å²) >= 11 is 0. The number of carboxylic acid groups (broad SMARTS) is 1. The molecule has 2 fully saturated rings. The summed E-state index contributed by atoms with van der Waals surface area (Å²) in [5.41, 5.74) is 3.27. The molecule has 7 nitrogen and oxygen atoms in total. The molecule has 2 aliphatic rings. The molecular weight excluding hydrogens is 452 g/mol. The van der Waals surface area contributed by atoms with Crippen molar-refractivity contribution in [2.75, 3.05) is 50.7 Å². The van der Waals surface area contributed by atoms with Gasteiger partial charge in [-0.1, -0.05) is 49.2 Å². The Hall–Kier alpha value is -3.32. The Kier molecular flexibility index (Phi) is 7.56. The van der Waals surface area contributed by atoms with E-state index >= 15 is 0 Å². The van der Waals surface area contributed by atoms with Crippen molar-refractivity contribution in [1.29, 1.82) is 0 Å². The van der Waals surface area contributed by atoms with Gasteiger partial charge in [-0.25, -0.2) is 4.79 Å². The fourth-order valence-electron chi connectivity index (χ4n) is 5.68. The van der Waals surface area contributed by atoms with Crippen molar-refractivity contribution >= 4 is 28.5 Å². The lowest BCUT2D eigenvalue weighted by Crippen LogP contribution is -2.47. The summed E-state index contributed by atoms with van der Waals surface area (Å²) in [5, 5.41) is 10.3. The summed E-state index contributed by atoms with van der Waals surface area (Å²) < 4.78 is 0. The zero-order valence-corrected chi connectivity index (χ0v) is 20.9. The first-order valence-corrected chi connectivity index (χ1v) is 13.3. The lowest BCUT2D eigenvalue weighted by molar-refractivity contribution is -0.133. The van der Waals surface area contributed by atoms with Crippen LogP contribution in [0.15, 0.2) is 54.6 Å². The van der Waals surface area contributed by atoms with Crippen LogP contribution in [0, 0.1) is 0 Å². The summed E-state index contributed by atoms with van der Waals surface area (Å²) in [4.78, 5) is 34.9. The van der Waals surface area contributed by atoms with Crippen LogP contribution >= 0.6 is 0 Å². The summed E-state index contributed by atoms with van der Waals surface area (Å²) in [6, 6.07) is 18.0. The molecule has 2 N–H and O–H groups in total. The van der Waals surface area contributed by atoms with Crippen molar-refractivity contribution in [3.8, 4) is 0 Å². The minimum Gasteiger partial charge on any atom is -0.477 e. The molecule has 36 heavy (non-hydrogen) atoms. The summed E-state index contributed by atoms with van der Waals surface area (Å²) in [5.74, 6) is -0.745. The largest absolute Gasteiger partial charge is 0.477 e. The van der Waals surface area contributed by atoms with Gasteiger partial charge in [-0.15, -0.1) is 0 Å². The minimum absolute atomic E-state index is 0.0922. The smallest absolute Gasteiger partial charge is 0.352 e. The first-order valence-electron chi connectivity index (χ1n) is 13.3. The fraction of sp³-hybridized carbons (Fsp3) is 0.448. The number of aromatic amines is 1. The van der Waals surface area contributed by atoms with E-state index in [1.807, 2.05) is 30.3 Å². The molecule has 3 aromatic rings. The lowest BCUT2D eigenvalue weighted by atomic mass is 9.93. The Morgan fingerprint density at radius 1 is 0.861 bits per heavy atom. The topological polar surface area (TPSA) is 79.9 Å². The number of benzene rings is 2. The molecule has 190 valence electrons. The second kappa shape index (κ2) is 11.2. The van der Waals surface area contributed by atoms with Gasteiger partial charge in [-0.2, -0.15) is 0 Å². The van der Waals surface area contributed by atoms with Gasteiger partial charge in [0.15, 0.2) is 0 Å². The van der Waals surface area contributed by atoms with E-state index in [0.717, 1.165) is 87.2 Å². The number of amides is 1. The molecular formula is C29H36N4O3. The maximum Gasteiger partial charge on any atom is 0.352 e. The van der Waals surface area contributed by atoms with Gasteiger partial charge >= 0.3 is 5.97 Å². The van der Waals surface area contributed by atoms with Crippen LogP contribution in [0.5, 0.6) is 0 Å². The lowest BCUT2D eigenvalue weighted by Gasteiger charge is -2.37. The van der Waals surface area contributed by atoms with Crippen LogP contribution in [0.1, 0.15) is 54.1 Å². The van der Waals surface area contributed by atoms with Crippen molar-refractivity contribution in [2.45, 2.75) is 38.0 Å². The third-order valence-electron chi connectivity index (χ3n) is 7.74. The van der Waals surface area contributed by atoms with Gasteiger partial charge in [0, 0.05) is 55.9 Å². The van der Waals surface area contributed by atoms with Gasteiger partial charge in [0.05, 0.1) is 5.92 Å². The summed E-state index contributed by atoms with van der Waals surface area (Å²) in [6.45, 7) is 6.26. The molecule has 0 saturated carbocycles. The number of nitrogens with one attached hydrogen (secondary N) is 1. The van der Waals surface area contributed by atoms with Crippen LogP contribution in [-0.2, 0) is 4.79 Å². The minimum atomic E-state index is -0.940. The Labute approximate surface area is 212 Å². The zero-order valence-electron chi connectivity index (χ0n) is 20.9. The number of hydrogen-bond acceptors (Lipinski definition) is 4. The molecule has 2 aromatic carbocycles. The average Bonchev–Trinajstić information content (AvgIpc) is 3.17. The first-order chi connectivity index (χ1) is 17.6. The van der Waals surface area contributed by atoms with Gasteiger partial charge in [-0.3, -0.25) is 9.69 Å². The molecule has 0 bridgehead atoms. The van der Waals surface area contributed by atoms with Crippen molar-refractivity contribution in [3.05, 3.63) is 65.9 Å². The van der Waals surface area contributed by atoms with E-state index in [-0.39, 0.29) is 17.5 Å². The maximum absolute atomic E-state index is 13.6. The number of carbonyl (C=O) groups is 2. The molecule has 1 aromatic heterocycles. The molecule has 0 spiro atoms. The normalized spacial score (nSPS) is 18.2. The van der Waals surface area contributed by atoms with Crippen molar-refractivity contribution < 1.29 is 14.7 Å². The number of fused-ring (bicyclic) bond motifs is 1. The SMILES string of the molecule is O=C(O)c1cc2c(N3CCN(CCC(C(=O)N4CCCCCC4)c4ccccc4)CC3)cccc2[nH]1. The van der Waals surface area contributed by atoms with Crippen LogP contribution in [0.3, 0.4) is 0 Å².